The van der Waals surface area contributed by atoms with E-state index in [2.05, 4.69) is 51.6 Å². The normalized spacial score (nSPS) is 11.5. The molecule has 0 unspecified atom stereocenters. The summed E-state index contributed by atoms with van der Waals surface area (Å²) in [5, 5.41) is 1.69. The summed E-state index contributed by atoms with van der Waals surface area (Å²) in [6, 6.07) is 13.9. The Hall–Kier alpha value is -3.32. The lowest BCUT2D eigenvalue weighted by Crippen LogP contribution is -2.10. The molecule has 2 aromatic carbocycles. The minimum Gasteiger partial charge on any atom is -0.449 e. The second kappa shape index (κ2) is 6.93. The number of aromatic amines is 1. The van der Waals surface area contributed by atoms with Gasteiger partial charge in [0.25, 0.3) is 5.56 Å². The van der Waals surface area contributed by atoms with Gasteiger partial charge in [0.15, 0.2) is 5.16 Å². The second-order valence-electron chi connectivity index (χ2n) is 6.95. The van der Waals surface area contributed by atoms with Gasteiger partial charge in [0.05, 0.1) is 11.4 Å². The smallest absolute Gasteiger partial charge is 0.294 e. The topological polar surface area (TPSA) is 76.7 Å². The van der Waals surface area contributed by atoms with Crippen LogP contribution >= 0.6 is 11.8 Å². The molecule has 5 rings (SSSR count). The van der Waals surface area contributed by atoms with Crippen LogP contribution in [0.25, 0.3) is 27.8 Å². The van der Waals surface area contributed by atoms with Gasteiger partial charge in [-0.15, -0.1) is 0 Å². The first-order chi connectivity index (χ1) is 14.1. The van der Waals surface area contributed by atoms with Gasteiger partial charge in [0.2, 0.25) is 5.58 Å². The average molecular weight is 402 g/mol. The fourth-order valence-corrected chi connectivity index (χ4v) is 4.24. The Morgan fingerprint density at radius 2 is 2.03 bits per heavy atom. The zero-order chi connectivity index (χ0) is 20.0. The van der Waals surface area contributed by atoms with Crippen molar-refractivity contribution in [2.45, 2.75) is 24.8 Å². The molecular weight excluding hydrogens is 384 g/mol. The van der Waals surface area contributed by atoms with Crippen molar-refractivity contribution in [2.24, 2.45) is 0 Å². The summed E-state index contributed by atoms with van der Waals surface area (Å²) in [4.78, 5) is 24.5. The lowest BCUT2D eigenvalue weighted by molar-refractivity contribution is 0.660. The summed E-state index contributed by atoms with van der Waals surface area (Å²) in [5.74, 6) is 1.08. The number of hydrogen-bond donors (Lipinski definition) is 1. The molecule has 144 valence electrons. The van der Waals surface area contributed by atoms with Crippen molar-refractivity contribution in [1.29, 1.82) is 0 Å². The fourth-order valence-electron chi connectivity index (χ4n) is 3.41. The molecule has 0 spiro atoms. The Bertz CT molecular complexity index is 1410. The predicted octanol–water partition coefficient (Wildman–Crippen LogP) is 4.76. The molecule has 0 aliphatic heterocycles. The van der Waals surface area contributed by atoms with E-state index in [-0.39, 0.29) is 11.1 Å². The number of aryl methyl sites for hydroxylation is 2. The van der Waals surface area contributed by atoms with E-state index < -0.39 is 0 Å². The van der Waals surface area contributed by atoms with Gasteiger partial charge >= 0.3 is 0 Å². The van der Waals surface area contributed by atoms with Crippen LogP contribution in [0.15, 0.2) is 69.2 Å². The highest BCUT2D eigenvalue weighted by molar-refractivity contribution is 7.98. The molecule has 3 heterocycles. The average Bonchev–Trinajstić information content (AvgIpc) is 3.33. The summed E-state index contributed by atoms with van der Waals surface area (Å²) in [5.41, 5.74) is 4.72. The molecule has 0 saturated heterocycles. The molecule has 7 heteroatoms. The molecular formula is C22H18N4O2S. The predicted molar refractivity (Wildman–Crippen MR) is 115 cm³/mol. The second-order valence-corrected chi connectivity index (χ2v) is 7.89. The standard InChI is InChI=1S/C22H18N4O2S/c1-13-7-8-14(2)16(11-13)26-10-9-23-22(26)29-12-18-24-19-15-5-3-4-6-17(15)28-20(19)21(27)25-18/h3-11H,12H2,1-2H3,(H,24,25,27). The van der Waals surface area contributed by atoms with Crippen LogP contribution in [0.2, 0.25) is 0 Å². The SMILES string of the molecule is Cc1ccc(C)c(-n2ccnc2SCc2nc3c(oc4ccccc43)c(=O)[nH]2)c1. The molecule has 0 aliphatic rings. The van der Waals surface area contributed by atoms with Crippen LogP contribution in [0, 0.1) is 13.8 Å². The minimum atomic E-state index is -0.264. The maximum atomic E-state index is 12.5. The molecule has 1 N–H and O–H groups in total. The zero-order valence-corrected chi connectivity index (χ0v) is 16.8. The summed E-state index contributed by atoms with van der Waals surface area (Å²) >= 11 is 1.53. The highest BCUT2D eigenvalue weighted by atomic mass is 32.2. The van der Waals surface area contributed by atoms with E-state index in [1.54, 1.807) is 6.20 Å². The van der Waals surface area contributed by atoms with Crippen LogP contribution in [-0.4, -0.2) is 19.5 Å². The molecule has 0 bridgehead atoms. The number of benzene rings is 2. The summed E-state index contributed by atoms with van der Waals surface area (Å²) in [6.07, 6.45) is 3.74. The molecule has 0 amide bonds. The maximum Gasteiger partial charge on any atom is 0.294 e. The Morgan fingerprint density at radius 1 is 1.17 bits per heavy atom. The molecule has 0 radical (unpaired) electrons. The Labute approximate surface area is 170 Å². The van der Waals surface area contributed by atoms with Crippen molar-refractivity contribution in [3.63, 3.8) is 0 Å². The number of furan rings is 1. The van der Waals surface area contributed by atoms with Crippen LogP contribution in [0.1, 0.15) is 17.0 Å². The molecule has 5 aromatic rings. The van der Waals surface area contributed by atoms with Gasteiger partial charge in [-0.2, -0.15) is 0 Å². The van der Waals surface area contributed by atoms with Crippen molar-refractivity contribution >= 4 is 33.8 Å². The van der Waals surface area contributed by atoms with Crippen molar-refractivity contribution in [3.05, 3.63) is 82.2 Å². The number of hydrogen-bond acceptors (Lipinski definition) is 5. The number of nitrogens with zero attached hydrogens (tertiary/aromatic N) is 3. The number of H-pyrrole nitrogens is 1. The van der Waals surface area contributed by atoms with E-state index >= 15 is 0 Å². The third-order valence-electron chi connectivity index (χ3n) is 4.85. The van der Waals surface area contributed by atoms with E-state index in [1.807, 2.05) is 30.5 Å². The van der Waals surface area contributed by atoms with E-state index in [4.69, 9.17) is 4.42 Å². The third-order valence-corrected chi connectivity index (χ3v) is 5.83. The highest BCUT2D eigenvalue weighted by Gasteiger charge is 2.14. The van der Waals surface area contributed by atoms with Crippen molar-refractivity contribution in [3.8, 4) is 5.69 Å². The number of rotatable bonds is 4. The molecule has 6 nitrogen and oxygen atoms in total. The summed E-state index contributed by atoms with van der Waals surface area (Å²) in [7, 11) is 0. The summed E-state index contributed by atoms with van der Waals surface area (Å²) < 4.78 is 7.73. The molecule has 0 atom stereocenters. The Kier molecular flexibility index (Phi) is 4.24. The number of nitrogens with one attached hydrogen (secondary N) is 1. The Balaban J connectivity index is 1.49. The quantitative estimate of drug-likeness (QED) is 0.439. The van der Waals surface area contributed by atoms with E-state index in [9.17, 15) is 4.79 Å². The molecule has 0 fully saturated rings. The largest absolute Gasteiger partial charge is 0.449 e. The zero-order valence-electron chi connectivity index (χ0n) is 16.0. The van der Waals surface area contributed by atoms with E-state index in [1.165, 1.54) is 22.9 Å². The molecule has 0 saturated carbocycles. The third kappa shape index (κ3) is 3.13. The monoisotopic (exact) mass is 402 g/mol. The van der Waals surface area contributed by atoms with E-state index in [0.29, 0.717) is 22.7 Å². The van der Waals surface area contributed by atoms with Gasteiger partial charge in [-0.1, -0.05) is 36.0 Å². The first-order valence-electron chi connectivity index (χ1n) is 9.24. The van der Waals surface area contributed by atoms with Gasteiger partial charge in [-0.05, 0) is 43.2 Å². The number of thioether (sulfide) groups is 1. The van der Waals surface area contributed by atoms with Crippen LogP contribution in [0.4, 0.5) is 0 Å². The highest BCUT2D eigenvalue weighted by Crippen LogP contribution is 2.27. The van der Waals surface area contributed by atoms with Gasteiger partial charge in [0, 0.05) is 17.8 Å². The van der Waals surface area contributed by atoms with Gasteiger partial charge < -0.3 is 9.40 Å². The van der Waals surface area contributed by atoms with E-state index in [0.717, 1.165) is 16.2 Å². The number of para-hydroxylation sites is 1. The van der Waals surface area contributed by atoms with Crippen LogP contribution in [-0.2, 0) is 5.75 Å². The van der Waals surface area contributed by atoms with Gasteiger partial charge in [0.1, 0.15) is 16.9 Å². The van der Waals surface area contributed by atoms with Gasteiger partial charge in [-0.25, -0.2) is 9.97 Å². The first kappa shape index (κ1) is 17.8. The molecule has 3 aromatic heterocycles. The lowest BCUT2D eigenvalue weighted by atomic mass is 10.1. The lowest BCUT2D eigenvalue weighted by Gasteiger charge is -2.11. The molecule has 29 heavy (non-hydrogen) atoms. The van der Waals surface area contributed by atoms with Gasteiger partial charge in [-0.3, -0.25) is 9.36 Å². The number of aromatic nitrogens is 4. The first-order valence-corrected chi connectivity index (χ1v) is 10.2. The van der Waals surface area contributed by atoms with Crippen LogP contribution in [0.5, 0.6) is 0 Å². The minimum absolute atomic E-state index is 0.261. The number of imidazole rings is 1. The van der Waals surface area contributed by atoms with Crippen molar-refractivity contribution < 1.29 is 4.42 Å². The van der Waals surface area contributed by atoms with Crippen LogP contribution < -0.4 is 5.56 Å². The van der Waals surface area contributed by atoms with Crippen molar-refractivity contribution in [2.75, 3.05) is 0 Å². The fraction of sp³-hybridized carbons (Fsp3) is 0.136. The maximum absolute atomic E-state index is 12.5. The van der Waals surface area contributed by atoms with Crippen LogP contribution in [0.3, 0.4) is 0 Å². The Morgan fingerprint density at radius 3 is 2.93 bits per heavy atom. The summed E-state index contributed by atoms with van der Waals surface area (Å²) in [6.45, 7) is 4.16. The number of fused-ring (bicyclic) bond motifs is 3. The molecule has 0 aliphatic carbocycles. The van der Waals surface area contributed by atoms with Crippen molar-refractivity contribution in [1.82, 2.24) is 19.5 Å².